The summed E-state index contributed by atoms with van der Waals surface area (Å²) in [7, 11) is 0. The highest BCUT2D eigenvalue weighted by atomic mass is 127. The van der Waals surface area contributed by atoms with Crippen molar-refractivity contribution >= 4 is 45.2 Å². The van der Waals surface area contributed by atoms with Gasteiger partial charge >= 0.3 is 47.9 Å². The van der Waals surface area contributed by atoms with E-state index in [0.29, 0.717) is 0 Å². The molecule has 0 rings (SSSR count). The maximum absolute atomic E-state index is 13.5. The molecule has 35 heavy (non-hydrogen) atoms. The molecule has 0 bridgehead atoms. The van der Waals surface area contributed by atoms with Crippen LogP contribution >= 0.6 is 45.2 Å². The molecule has 2 unspecified atom stereocenters. The number of hydrogen-bond acceptors (Lipinski definition) is 0. The van der Waals surface area contributed by atoms with Crippen LogP contribution in [0.15, 0.2) is 0 Å². The lowest BCUT2D eigenvalue weighted by Gasteiger charge is -2.35. The van der Waals surface area contributed by atoms with Crippen molar-refractivity contribution in [1.82, 2.24) is 0 Å². The first-order valence-electron chi connectivity index (χ1n) is 8.68. The van der Waals surface area contributed by atoms with Crippen LogP contribution in [0.5, 0.6) is 0 Å². The third kappa shape index (κ3) is 7.20. The molecule has 0 aliphatic carbocycles. The molecule has 0 aliphatic heterocycles. The van der Waals surface area contributed by atoms with Crippen LogP contribution in [0.3, 0.4) is 0 Å². The second-order valence-corrected chi connectivity index (χ2v) is 10.8. The monoisotopic (exact) mass is 788 g/mol. The van der Waals surface area contributed by atoms with E-state index in [9.17, 15) is 79.0 Å². The van der Waals surface area contributed by atoms with Crippen molar-refractivity contribution < 1.29 is 79.0 Å². The van der Waals surface area contributed by atoms with Gasteiger partial charge in [-0.25, -0.2) is 0 Å². The van der Waals surface area contributed by atoms with E-state index in [1.54, 1.807) is 0 Å². The summed E-state index contributed by atoms with van der Waals surface area (Å²) in [6.07, 6.45) is -20.7. The van der Waals surface area contributed by atoms with Gasteiger partial charge < -0.3 is 0 Å². The van der Waals surface area contributed by atoms with E-state index in [0.717, 1.165) is 45.2 Å². The molecular weight excluding hydrogens is 776 g/mol. The fourth-order valence-electron chi connectivity index (χ4n) is 2.39. The van der Waals surface area contributed by atoms with E-state index in [4.69, 9.17) is 0 Å². The Balaban J connectivity index is 5.15. The van der Waals surface area contributed by atoms with Gasteiger partial charge in [0.15, 0.2) is 0 Å². The zero-order valence-corrected chi connectivity index (χ0v) is 20.6. The normalized spacial score (nSPS) is 17.5. The zero-order valence-electron chi connectivity index (χ0n) is 16.2. The van der Waals surface area contributed by atoms with E-state index in [1.807, 2.05) is 0 Å². The fourth-order valence-corrected chi connectivity index (χ4v) is 4.38. The van der Waals surface area contributed by atoms with Gasteiger partial charge in [-0.3, -0.25) is 0 Å². The van der Waals surface area contributed by atoms with Crippen molar-refractivity contribution in [3.05, 3.63) is 0 Å². The average molecular weight is 788 g/mol. The summed E-state index contributed by atoms with van der Waals surface area (Å²) in [4.78, 5) is 0. The second-order valence-electron chi connectivity index (χ2n) is 7.24. The van der Waals surface area contributed by atoms with Crippen LogP contribution in [0.2, 0.25) is 0 Å². The summed E-state index contributed by atoms with van der Waals surface area (Å²) in [5.41, 5.74) is 0. The minimum Gasteiger partial charge on any atom is -0.200 e. The van der Waals surface area contributed by atoms with Gasteiger partial charge in [-0.1, -0.05) is 51.6 Å². The predicted molar refractivity (Wildman–Crippen MR) is 100 cm³/mol. The van der Waals surface area contributed by atoms with E-state index in [2.05, 4.69) is 0 Å². The smallest absolute Gasteiger partial charge is 0.200 e. The lowest BCUT2D eigenvalue weighted by atomic mass is 9.96. The van der Waals surface area contributed by atoms with Gasteiger partial charge in [0.1, 0.15) is 0 Å². The first-order valence-corrected chi connectivity index (χ1v) is 11.2. The van der Waals surface area contributed by atoms with Crippen LogP contribution in [0.1, 0.15) is 32.1 Å². The second kappa shape index (κ2) is 10.8. The van der Waals surface area contributed by atoms with E-state index in [1.165, 1.54) is 0 Å². The Hall–Kier alpha value is 0.200. The summed E-state index contributed by atoms with van der Waals surface area (Å²) in [5.74, 6) is -39.8. The highest BCUT2D eigenvalue weighted by Gasteiger charge is 2.82. The minimum absolute atomic E-state index is 0.629. The predicted octanol–water partition coefficient (Wildman–Crippen LogP) is 9.48. The van der Waals surface area contributed by atoms with Crippen LogP contribution < -0.4 is 0 Å². The zero-order chi connectivity index (χ0) is 28.7. The Morgan fingerprint density at radius 2 is 0.629 bits per heavy atom. The van der Waals surface area contributed by atoms with Gasteiger partial charge in [0.25, 0.3) is 0 Å². The van der Waals surface area contributed by atoms with Gasteiger partial charge in [-0.15, -0.1) is 0 Å². The minimum atomic E-state index is -7.12. The summed E-state index contributed by atoms with van der Waals surface area (Å²) in [6.45, 7) is 0. The number of halogens is 20. The molecule has 0 fully saturated rings. The fraction of sp³-hybridized carbons (Fsp3) is 1.00. The van der Waals surface area contributed by atoms with Crippen LogP contribution in [0, 0.1) is 0 Å². The average Bonchev–Trinajstić information content (AvgIpc) is 2.58. The third-order valence-electron chi connectivity index (χ3n) is 4.41. The molecule has 0 spiro atoms. The molecule has 0 saturated carbocycles. The summed E-state index contributed by atoms with van der Waals surface area (Å²) in [6, 6.07) is 0. The molecule has 0 N–H and O–H groups in total. The molecule has 0 heterocycles. The molecular formula is C15H12F18I2. The Morgan fingerprint density at radius 3 is 0.829 bits per heavy atom. The van der Waals surface area contributed by atoms with Crippen molar-refractivity contribution in [2.45, 2.75) is 87.8 Å². The first-order chi connectivity index (χ1) is 15.0. The van der Waals surface area contributed by atoms with Crippen molar-refractivity contribution in [2.24, 2.45) is 0 Å². The highest BCUT2D eigenvalue weighted by Crippen LogP contribution is 2.56. The van der Waals surface area contributed by atoms with Crippen molar-refractivity contribution in [3.63, 3.8) is 0 Å². The first kappa shape index (κ1) is 35.2. The molecule has 0 aromatic rings. The summed E-state index contributed by atoms with van der Waals surface area (Å²) >= 11 is 1.86. The van der Waals surface area contributed by atoms with Crippen LogP contribution in [-0.4, -0.2) is 55.7 Å². The van der Waals surface area contributed by atoms with Crippen molar-refractivity contribution in [3.8, 4) is 0 Å². The number of hydrogen-bond donors (Lipinski definition) is 0. The highest BCUT2D eigenvalue weighted by molar-refractivity contribution is 14.1. The summed E-state index contributed by atoms with van der Waals surface area (Å²) < 4.78 is 227. The van der Waals surface area contributed by atoms with Gasteiger partial charge in [-0.05, 0) is 12.8 Å². The van der Waals surface area contributed by atoms with E-state index in [-0.39, 0.29) is 0 Å². The Morgan fingerprint density at radius 1 is 0.400 bits per heavy atom. The number of rotatable bonds is 12. The largest absolute Gasteiger partial charge is 0.460 e. The van der Waals surface area contributed by atoms with Crippen molar-refractivity contribution in [1.29, 1.82) is 0 Å². The Labute approximate surface area is 211 Å². The SMILES string of the molecule is FC(F)(F)C(F)(F)C(F)(F)C(F)(F)CC(I)CCCC(I)CC(F)(F)C(F)(F)C(F)(F)C(F)(F)F. The lowest BCUT2D eigenvalue weighted by molar-refractivity contribution is -0.396. The molecule has 20 heteroatoms. The van der Waals surface area contributed by atoms with Gasteiger partial charge in [-0.2, -0.15) is 79.0 Å². The molecule has 0 amide bonds. The quantitative estimate of drug-likeness (QED) is 0.105. The van der Waals surface area contributed by atoms with E-state index >= 15 is 0 Å². The summed E-state index contributed by atoms with van der Waals surface area (Å²) in [5, 5.41) is 0. The maximum atomic E-state index is 13.5. The molecule has 0 nitrogen and oxygen atoms in total. The van der Waals surface area contributed by atoms with Gasteiger partial charge in [0.2, 0.25) is 0 Å². The molecule has 0 aromatic heterocycles. The molecule has 212 valence electrons. The molecule has 0 aliphatic rings. The molecule has 0 radical (unpaired) electrons. The van der Waals surface area contributed by atoms with Gasteiger partial charge in [0.05, 0.1) is 0 Å². The van der Waals surface area contributed by atoms with E-state index < -0.39 is 87.8 Å². The van der Waals surface area contributed by atoms with Gasteiger partial charge in [0, 0.05) is 20.7 Å². The molecule has 0 saturated heterocycles. The lowest BCUT2D eigenvalue weighted by Crippen LogP contribution is -2.61. The van der Waals surface area contributed by atoms with Crippen molar-refractivity contribution in [2.75, 3.05) is 0 Å². The van der Waals surface area contributed by atoms with Crippen LogP contribution in [0.4, 0.5) is 79.0 Å². The van der Waals surface area contributed by atoms with Crippen LogP contribution in [-0.2, 0) is 0 Å². The topological polar surface area (TPSA) is 0 Å². The Bertz CT molecular complexity index is 637. The third-order valence-corrected chi connectivity index (χ3v) is 6.54. The number of alkyl halides is 20. The standard InChI is InChI=1S/C15H12F18I2/c16-8(17,10(20,21)12(24,25)14(28,29)30)4-6(34)2-1-3-7(35)5-9(18,19)11(22,23)13(26,27)15(31,32)33/h6-7H,1-5H2. The molecule has 0 aromatic carbocycles. The molecule has 2 atom stereocenters. The van der Waals surface area contributed by atoms with Crippen LogP contribution in [0.25, 0.3) is 0 Å². The Kier molecular flexibility index (Phi) is 10.8. The maximum Gasteiger partial charge on any atom is 0.460 e.